The molecule has 0 radical (unpaired) electrons. The van der Waals surface area contributed by atoms with Crippen LogP contribution in [0.3, 0.4) is 0 Å². The molecule has 20 heavy (non-hydrogen) atoms. The van der Waals surface area contributed by atoms with Crippen LogP contribution in [0, 0.1) is 0 Å². The Bertz CT molecular complexity index is 640. The number of anilines is 1. The maximum absolute atomic E-state index is 13.2. The van der Waals surface area contributed by atoms with Gasteiger partial charge in [-0.2, -0.15) is 0 Å². The summed E-state index contributed by atoms with van der Waals surface area (Å²) in [4.78, 5) is 18.0. The minimum Gasteiger partial charge on any atom is -0.461 e. The number of nitrogens with zero attached hydrogens (tertiary/aromatic N) is 3. The maximum Gasteiger partial charge on any atom is 0.356 e. The van der Waals surface area contributed by atoms with Crippen molar-refractivity contribution in [3.05, 3.63) is 30.2 Å². The van der Waals surface area contributed by atoms with E-state index in [1.54, 1.807) is 17.5 Å². The molecule has 1 fully saturated rings. The Balaban J connectivity index is 1.91. The van der Waals surface area contributed by atoms with Crippen LogP contribution in [-0.2, 0) is 4.74 Å². The number of rotatable bonds is 3. The molecule has 3 rings (SSSR count). The van der Waals surface area contributed by atoms with Crippen LogP contribution in [0.5, 0.6) is 0 Å². The summed E-state index contributed by atoms with van der Waals surface area (Å²) < 4.78 is 19.9. The summed E-state index contributed by atoms with van der Waals surface area (Å²) in [6.45, 7) is 3.22. The third-order valence-electron chi connectivity index (χ3n) is 3.48. The fourth-order valence-corrected chi connectivity index (χ4v) is 2.47. The molecule has 106 valence electrons. The van der Waals surface area contributed by atoms with Crippen LogP contribution in [0.2, 0.25) is 0 Å². The lowest BCUT2D eigenvalue weighted by atomic mass is 10.3. The minimum atomic E-state index is -0.763. The number of hydrogen-bond acceptors (Lipinski definition) is 4. The van der Waals surface area contributed by atoms with Crippen molar-refractivity contribution < 1.29 is 13.9 Å². The normalized spacial score (nSPS) is 18.7. The van der Waals surface area contributed by atoms with Crippen LogP contribution < -0.4 is 4.90 Å². The first-order valence-corrected chi connectivity index (χ1v) is 6.72. The monoisotopic (exact) mass is 277 g/mol. The topological polar surface area (TPSA) is 46.8 Å². The van der Waals surface area contributed by atoms with Gasteiger partial charge in [0.2, 0.25) is 0 Å². The first kappa shape index (κ1) is 12.9. The molecule has 0 aliphatic carbocycles. The predicted molar refractivity (Wildman–Crippen MR) is 72.9 cm³/mol. The standard InChI is InChI=1S/C14H16FN3O2/c1-2-20-14(19)12-8-16-13-7-11(4-6-18(12)13)17-5-3-10(15)9-17/h4,6-8,10H,2-3,5,9H2,1H3/t10-/m0/s1. The van der Waals surface area contributed by atoms with Crippen molar-refractivity contribution in [1.29, 1.82) is 0 Å². The number of carbonyl (C=O) groups excluding carboxylic acids is 1. The number of aromatic nitrogens is 2. The molecule has 1 aliphatic heterocycles. The molecule has 0 aromatic carbocycles. The highest BCUT2D eigenvalue weighted by atomic mass is 19.1. The number of alkyl halides is 1. The second-order valence-corrected chi connectivity index (χ2v) is 4.81. The number of esters is 1. The van der Waals surface area contributed by atoms with E-state index in [9.17, 15) is 9.18 Å². The van der Waals surface area contributed by atoms with Crippen LogP contribution in [0.25, 0.3) is 5.65 Å². The quantitative estimate of drug-likeness (QED) is 0.806. The Kier molecular flexibility index (Phi) is 3.30. The molecule has 2 aromatic heterocycles. The highest BCUT2D eigenvalue weighted by Gasteiger charge is 2.22. The Morgan fingerprint density at radius 2 is 2.45 bits per heavy atom. The van der Waals surface area contributed by atoms with Crippen molar-refractivity contribution in [1.82, 2.24) is 9.38 Å². The van der Waals surface area contributed by atoms with Crippen LogP contribution in [0.4, 0.5) is 10.1 Å². The summed E-state index contributed by atoms with van der Waals surface area (Å²) in [6, 6.07) is 3.73. The second kappa shape index (κ2) is 5.11. The third-order valence-corrected chi connectivity index (χ3v) is 3.48. The van der Waals surface area contributed by atoms with Gasteiger partial charge in [-0.1, -0.05) is 0 Å². The molecule has 6 heteroatoms. The fraction of sp³-hybridized carbons (Fsp3) is 0.429. The fourth-order valence-electron chi connectivity index (χ4n) is 2.47. The molecule has 5 nitrogen and oxygen atoms in total. The van der Waals surface area contributed by atoms with E-state index in [0.29, 0.717) is 37.5 Å². The first-order valence-electron chi connectivity index (χ1n) is 6.72. The van der Waals surface area contributed by atoms with E-state index >= 15 is 0 Å². The number of carbonyl (C=O) groups is 1. The molecule has 3 heterocycles. The smallest absolute Gasteiger partial charge is 0.356 e. The molecule has 2 aromatic rings. The third kappa shape index (κ3) is 2.21. The highest BCUT2D eigenvalue weighted by molar-refractivity contribution is 5.88. The summed E-state index contributed by atoms with van der Waals surface area (Å²) in [7, 11) is 0. The van der Waals surface area contributed by atoms with Crippen molar-refractivity contribution in [3.63, 3.8) is 0 Å². The van der Waals surface area contributed by atoms with Gasteiger partial charge in [0.25, 0.3) is 0 Å². The van der Waals surface area contributed by atoms with Gasteiger partial charge in [-0.25, -0.2) is 14.2 Å². The molecule has 0 spiro atoms. The van der Waals surface area contributed by atoms with E-state index < -0.39 is 12.1 Å². The molecule has 1 atom stereocenters. The van der Waals surface area contributed by atoms with Crippen molar-refractivity contribution in [3.8, 4) is 0 Å². The van der Waals surface area contributed by atoms with Crippen molar-refractivity contribution >= 4 is 17.3 Å². The van der Waals surface area contributed by atoms with Crippen molar-refractivity contribution in [2.45, 2.75) is 19.5 Å². The molecule has 0 unspecified atom stereocenters. The molecule has 0 saturated carbocycles. The molecule has 1 saturated heterocycles. The highest BCUT2D eigenvalue weighted by Crippen LogP contribution is 2.23. The van der Waals surface area contributed by atoms with Gasteiger partial charge < -0.3 is 9.64 Å². The zero-order valence-electron chi connectivity index (χ0n) is 11.3. The molecule has 1 aliphatic rings. The Morgan fingerprint density at radius 3 is 3.15 bits per heavy atom. The van der Waals surface area contributed by atoms with E-state index in [0.717, 1.165) is 5.69 Å². The number of fused-ring (bicyclic) bond motifs is 1. The number of halogens is 1. The molecule has 0 N–H and O–H groups in total. The Hall–Kier alpha value is -2.11. The number of hydrogen-bond donors (Lipinski definition) is 0. The van der Waals surface area contributed by atoms with Gasteiger partial charge >= 0.3 is 5.97 Å². The second-order valence-electron chi connectivity index (χ2n) is 4.81. The Morgan fingerprint density at radius 1 is 1.60 bits per heavy atom. The lowest BCUT2D eigenvalue weighted by Crippen LogP contribution is -2.20. The average Bonchev–Trinajstić information content (AvgIpc) is 3.04. The first-order chi connectivity index (χ1) is 9.69. The van der Waals surface area contributed by atoms with E-state index in [1.165, 1.54) is 6.20 Å². The van der Waals surface area contributed by atoms with Gasteiger partial charge in [0.1, 0.15) is 11.8 Å². The SMILES string of the molecule is CCOC(=O)c1cnc2cc(N3CC[C@H](F)C3)ccn12. The number of pyridine rings is 1. The van der Waals surface area contributed by atoms with Gasteiger partial charge in [0, 0.05) is 31.0 Å². The number of imidazole rings is 1. The maximum atomic E-state index is 13.2. The van der Waals surface area contributed by atoms with Gasteiger partial charge in [0.05, 0.1) is 12.8 Å². The molecular weight excluding hydrogens is 261 g/mol. The van der Waals surface area contributed by atoms with E-state index in [1.807, 2.05) is 17.0 Å². The lowest BCUT2D eigenvalue weighted by Gasteiger charge is -2.17. The van der Waals surface area contributed by atoms with E-state index in [-0.39, 0.29) is 0 Å². The zero-order chi connectivity index (χ0) is 14.1. The summed E-state index contributed by atoms with van der Waals surface area (Å²) in [5.74, 6) is -0.391. The zero-order valence-corrected chi connectivity index (χ0v) is 11.3. The Labute approximate surface area is 116 Å². The van der Waals surface area contributed by atoms with Crippen LogP contribution in [-0.4, -0.2) is 41.2 Å². The van der Waals surface area contributed by atoms with Crippen molar-refractivity contribution in [2.75, 3.05) is 24.6 Å². The van der Waals surface area contributed by atoms with Crippen molar-refractivity contribution in [2.24, 2.45) is 0 Å². The van der Waals surface area contributed by atoms with Crippen LogP contribution in [0.1, 0.15) is 23.8 Å². The summed E-state index contributed by atoms with van der Waals surface area (Å²) >= 11 is 0. The summed E-state index contributed by atoms with van der Waals surface area (Å²) in [5.41, 5.74) is 1.99. The molecule has 0 bridgehead atoms. The van der Waals surface area contributed by atoms with E-state index in [2.05, 4.69) is 4.98 Å². The van der Waals surface area contributed by atoms with Gasteiger partial charge in [-0.15, -0.1) is 0 Å². The van der Waals surface area contributed by atoms with Gasteiger partial charge in [-0.05, 0) is 19.4 Å². The van der Waals surface area contributed by atoms with Gasteiger partial charge in [-0.3, -0.25) is 4.40 Å². The van der Waals surface area contributed by atoms with Crippen LogP contribution >= 0.6 is 0 Å². The largest absolute Gasteiger partial charge is 0.461 e. The predicted octanol–water partition coefficient (Wildman–Crippen LogP) is 2.06. The lowest BCUT2D eigenvalue weighted by molar-refractivity contribution is 0.0518. The summed E-state index contributed by atoms with van der Waals surface area (Å²) in [6.07, 6.45) is 3.07. The van der Waals surface area contributed by atoms with Gasteiger partial charge in [0.15, 0.2) is 5.69 Å². The van der Waals surface area contributed by atoms with Crippen LogP contribution in [0.15, 0.2) is 24.5 Å². The number of ether oxygens (including phenoxy) is 1. The minimum absolute atomic E-state index is 0.329. The average molecular weight is 277 g/mol. The molecule has 0 amide bonds. The van der Waals surface area contributed by atoms with E-state index in [4.69, 9.17) is 4.74 Å². The summed E-state index contributed by atoms with van der Waals surface area (Å²) in [5, 5.41) is 0. The molecular formula is C14H16FN3O2.